The zero-order valence-corrected chi connectivity index (χ0v) is 22.0. The maximum atomic E-state index is 11.9. The monoisotopic (exact) mass is 497 g/mol. The average molecular weight is 498 g/mol. The maximum absolute atomic E-state index is 11.9. The number of phenols is 1. The van der Waals surface area contributed by atoms with E-state index in [0.717, 1.165) is 69.1 Å². The Bertz CT molecular complexity index is 1140. The highest BCUT2D eigenvalue weighted by molar-refractivity contribution is 6.34. The Morgan fingerprint density at radius 3 is 2.60 bits per heavy atom. The zero-order valence-electron chi connectivity index (χ0n) is 21.2. The topological polar surface area (TPSA) is 64.8 Å². The third-order valence-electron chi connectivity index (χ3n) is 8.58. The molecule has 3 fully saturated rings. The summed E-state index contributed by atoms with van der Waals surface area (Å²) in [5, 5.41) is 16.6. The van der Waals surface area contributed by atoms with Gasteiger partial charge < -0.3 is 19.8 Å². The Balaban J connectivity index is 1.53. The van der Waals surface area contributed by atoms with E-state index >= 15 is 0 Å². The third-order valence-corrected chi connectivity index (χ3v) is 8.89. The number of hydrogen-bond donors (Lipinski definition) is 1. The summed E-state index contributed by atoms with van der Waals surface area (Å²) in [6.45, 7) is 14.6. The standard InChI is InChI=1S/C27H36ClN5O2/c1-6-22(35)31-16-27(17-31)13-19(14-27)33-18(3)23(24-20(28)9-8-10-21(24)34)25(29-33)32-12-11-30(5)15-26(32,4)7-2/h6,8-10,19,34H,1,7,11-17H2,2-5H3/t26-/m0/s1. The fourth-order valence-corrected chi connectivity index (χ4v) is 6.74. The molecule has 1 atom stereocenters. The second kappa shape index (κ2) is 8.56. The van der Waals surface area contributed by atoms with E-state index in [9.17, 15) is 9.90 Å². The first-order valence-electron chi connectivity index (χ1n) is 12.6. The number of phenolic OH excluding ortho intramolecular Hbond substituents is 1. The van der Waals surface area contributed by atoms with Crippen molar-refractivity contribution in [1.82, 2.24) is 19.6 Å². The van der Waals surface area contributed by atoms with E-state index in [2.05, 4.69) is 48.9 Å². The maximum Gasteiger partial charge on any atom is 0.245 e. The predicted molar refractivity (Wildman–Crippen MR) is 140 cm³/mol. The molecule has 2 aromatic rings. The van der Waals surface area contributed by atoms with E-state index in [1.807, 2.05) is 11.0 Å². The van der Waals surface area contributed by atoms with Gasteiger partial charge in [0.05, 0.1) is 22.2 Å². The molecule has 3 heterocycles. The van der Waals surface area contributed by atoms with E-state index in [1.54, 1.807) is 12.1 Å². The Morgan fingerprint density at radius 2 is 1.97 bits per heavy atom. The van der Waals surface area contributed by atoms with Crippen molar-refractivity contribution in [2.24, 2.45) is 5.41 Å². The molecule has 1 aromatic carbocycles. The number of amides is 1. The van der Waals surface area contributed by atoms with E-state index in [1.165, 1.54) is 6.08 Å². The molecule has 8 heteroatoms. The number of halogens is 1. The smallest absolute Gasteiger partial charge is 0.245 e. The van der Waals surface area contributed by atoms with Gasteiger partial charge in [-0.3, -0.25) is 9.48 Å². The van der Waals surface area contributed by atoms with Crippen LogP contribution in [0.3, 0.4) is 0 Å². The van der Waals surface area contributed by atoms with Gasteiger partial charge in [-0.1, -0.05) is 31.2 Å². The van der Waals surface area contributed by atoms with Gasteiger partial charge in [-0.05, 0) is 58.4 Å². The lowest BCUT2D eigenvalue weighted by Crippen LogP contribution is -2.63. The third kappa shape index (κ3) is 3.84. The number of anilines is 1. The number of hydrogen-bond acceptors (Lipinski definition) is 5. The number of aromatic nitrogens is 2. The van der Waals surface area contributed by atoms with Gasteiger partial charge in [-0.2, -0.15) is 5.10 Å². The Morgan fingerprint density at radius 1 is 1.26 bits per heavy atom. The Kier molecular flexibility index (Phi) is 5.92. The van der Waals surface area contributed by atoms with Crippen LogP contribution in [0.2, 0.25) is 5.02 Å². The first-order chi connectivity index (χ1) is 16.6. The number of carbonyl (C=O) groups excluding carboxylic acids is 1. The van der Waals surface area contributed by atoms with Crippen LogP contribution in [0.1, 0.15) is 44.8 Å². The van der Waals surface area contributed by atoms with Crippen molar-refractivity contribution in [3.63, 3.8) is 0 Å². The zero-order chi connectivity index (χ0) is 25.1. The molecule has 1 spiro atoms. The molecule has 1 saturated carbocycles. The molecule has 7 nitrogen and oxygen atoms in total. The van der Waals surface area contributed by atoms with Crippen molar-refractivity contribution in [2.75, 3.05) is 44.7 Å². The highest BCUT2D eigenvalue weighted by atomic mass is 35.5. The van der Waals surface area contributed by atoms with Gasteiger partial charge >= 0.3 is 0 Å². The summed E-state index contributed by atoms with van der Waals surface area (Å²) in [7, 11) is 2.17. The SMILES string of the molecule is C=CC(=O)N1CC2(CC(n3nc(N4CCN(C)C[C@]4(C)CC)c(-c4c(O)cccc4Cl)c3C)C2)C1. The van der Waals surface area contributed by atoms with Crippen molar-refractivity contribution in [2.45, 2.75) is 51.6 Å². The van der Waals surface area contributed by atoms with Crippen LogP contribution in [0.15, 0.2) is 30.9 Å². The fourth-order valence-electron chi connectivity index (χ4n) is 6.47. The van der Waals surface area contributed by atoms with Gasteiger partial charge in [0.25, 0.3) is 0 Å². The van der Waals surface area contributed by atoms with Crippen LogP contribution < -0.4 is 4.90 Å². The molecule has 2 saturated heterocycles. The number of likely N-dealkylation sites (tertiary alicyclic amines) is 1. The second-order valence-electron chi connectivity index (χ2n) is 11.1. The first kappa shape index (κ1) is 24.2. The van der Waals surface area contributed by atoms with Crippen molar-refractivity contribution in [3.05, 3.63) is 41.6 Å². The summed E-state index contributed by atoms with van der Waals surface area (Å²) < 4.78 is 2.16. The Labute approximate surface area is 212 Å². The van der Waals surface area contributed by atoms with Gasteiger partial charge in [0.1, 0.15) is 5.75 Å². The Hall–Kier alpha value is -2.51. The predicted octanol–water partition coefficient (Wildman–Crippen LogP) is 4.49. The van der Waals surface area contributed by atoms with Crippen molar-refractivity contribution in [1.29, 1.82) is 0 Å². The van der Waals surface area contributed by atoms with Gasteiger partial charge in [0.2, 0.25) is 5.91 Å². The number of rotatable bonds is 5. The summed E-state index contributed by atoms with van der Waals surface area (Å²) >= 11 is 6.68. The largest absolute Gasteiger partial charge is 0.507 e. The molecule has 1 amide bonds. The summed E-state index contributed by atoms with van der Waals surface area (Å²) in [5.41, 5.74) is 2.73. The highest BCUT2D eigenvalue weighted by Gasteiger charge is 2.54. The first-order valence-corrected chi connectivity index (χ1v) is 12.9. The van der Waals surface area contributed by atoms with Gasteiger partial charge in [-0.25, -0.2) is 0 Å². The summed E-state index contributed by atoms with van der Waals surface area (Å²) in [4.78, 5) is 18.6. The molecule has 188 valence electrons. The molecule has 35 heavy (non-hydrogen) atoms. The number of piperazine rings is 1. The molecule has 0 unspecified atom stereocenters. The molecule has 5 rings (SSSR count). The lowest BCUT2D eigenvalue weighted by atomic mass is 9.60. The average Bonchev–Trinajstić information content (AvgIpc) is 3.08. The number of aromatic hydroxyl groups is 1. The minimum atomic E-state index is -0.0788. The van der Waals surface area contributed by atoms with Gasteiger partial charge in [-0.15, -0.1) is 0 Å². The number of likely N-dealkylation sites (N-methyl/N-ethyl adjacent to an activating group) is 1. The molecule has 2 aliphatic heterocycles. The number of carbonyl (C=O) groups is 1. The number of benzene rings is 1. The lowest BCUT2D eigenvalue weighted by Gasteiger charge is -2.58. The molecule has 3 aliphatic rings. The highest BCUT2D eigenvalue weighted by Crippen LogP contribution is 2.55. The van der Waals surface area contributed by atoms with E-state index in [-0.39, 0.29) is 28.7 Å². The van der Waals surface area contributed by atoms with Crippen molar-refractivity contribution < 1.29 is 9.90 Å². The van der Waals surface area contributed by atoms with Gasteiger partial charge in [0.15, 0.2) is 5.82 Å². The number of nitrogens with zero attached hydrogens (tertiary/aromatic N) is 5. The summed E-state index contributed by atoms with van der Waals surface area (Å²) in [5.74, 6) is 1.10. The summed E-state index contributed by atoms with van der Waals surface area (Å²) in [6.07, 6.45) is 4.38. The van der Waals surface area contributed by atoms with Crippen LogP contribution in [0.5, 0.6) is 5.75 Å². The molecular formula is C27H36ClN5O2. The van der Waals surface area contributed by atoms with Crippen molar-refractivity contribution in [3.8, 4) is 16.9 Å². The molecule has 0 bridgehead atoms. The minimum absolute atomic E-state index is 0.0158. The van der Waals surface area contributed by atoms with Crippen LogP contribution in [0.4, 0.5) is 5.82 Å². The van der Waals surface area contributed by atoms with Crippen molar-refractivity contribution >= 4 is 23.3 Å². The van der Waals surface area contributed by atoms with Crippen LogP contribution in [0.25, 0.3) is 11.1 Å². The normalized spacial score (nSPS) is 24.4. The van der Waals surface area contributed by atoms with Crippen LogP contribution in [-0.2, 0) is 4.79 Å². The second-order valence-corrected chi connectivity index (χ2v) is 11.5. The molecule has 1 aromatic heterocycles. The van der Waals surface area contributed by atoms with Gasteiger partial charge in [0, 0.05) is 49.4 Å². The van der Waals surface area contributed by atoms with E-state index < -0.39 is 0 Å². The quantitative estimate of drug-likeness (QED) is 0.617. The molecule has 1 N–H and O–H groups in total. The molecule has 0 radical (unpaired) electrons. The molecule has 1 aliphatic carbocycles. The van der Waals surface area contributed by atoms with Crippen LogP contribution >= 0.6 is 11.6 Å². The lowest BCUT2D eigenvalue weighted by molar-refractivity contribution is -0.149. The fraction of sp³-hybridized carbons (Fsp3) is 0.556. The van der Waals surface area contributed by atoms with Crippen LogP contribution in [-0.4, -0.2) is 75.9 Å². The van der Waals surface area contributed by atoms with E-state index in [0.29, 0.717) is 10.6 Å². The van der Waals surface area contributed by atoms with Crippen LogP contribution in [0, 0.1) is 12.3 Å². The minimum Gasteiger partial charge on any atom is -0.507 e. The summed E-state index contributed by atoms with van der Waals surface area (Å²) in [6, 6.07) is 5.57. The molecular weight excluding hydrogens is 462 g/mol. The van der Waals surface area contributed by atoms with E-state index in [4.69, 9.17) is 16.7 Å².